The van der Waals surface area contributed by atoms with E-state index in [0.29, 0.717) is 30.7 Å². The van der Waals surface area contributed by atoms with E-state index in [2.05, 4.69) is 75.4 Å². The number of amides is 10. The van der Waals surface area contributed by atoms with E-state index in [0.717, 1.165) is 0 Å². The van der Waals surface area contributed by atoms with Gasteiger partial charge in [-0.1, -0.05) is 61.8 Å². The number of aliphatic imine (C=N–C) groups is 1. The fourth-order valence-corrected chi connectivity index (χ4v) is 9.96. The highest BCUT2D eigenvalue weighted by molar-refractivity contribution is 7.98. The quantitative estimate of drug-likeness (QED) is 0.0143. The lowest BCUT2D eigenvalue weighted by atomic mass is 9.96. The highest BCUT2D eigenvalue weighted by atomic mass is 32.2. The van der Waals surface area contributed by atoms with Crippen LogP contribution in [-0.2, 0) is 64.0 Å². The number of aliphatic carboxylic acids is 2. The number of nitrogens with two attached hydrogens (primary N) is 3. The third-order valence-electron chi connectivity index (χ3n) is 14.2. The number of hydrogen-bond donors (Lipinski definition) is 16. The molecule has 1 aromatic heterocycles. The fourth-order valence-electron chi connectivity index (χ4n) is 9.21. The van der Waals surface area contributed by atoms with Crippen LogP contribution in [0.4, 0.5) is 0 Å². The normalized spacial score (nSPS) is 16.5. The summed E-state index contributed by atoms with van der Waals surface area (Å²) in [6.07, 6.45) is 4.85. The molecule has 2 rings (SSSR count). The summed E-state index contributed by atoms with van der Waals surface area (Å²) in [5, 5.41) is 43.1. The second kappa shape index (κ2) is 38.8. The number of carboxylic acids is 2. The first-order chi connectivity index (χ1) is 40.9. The molecule has 0 saturated carbocycles. The number of aromatic nitrogens is 2. The molecule has 2 heterocycles. The number of likely N-dealkylation sites (tertiary alicyclic amines) is 1. The zero-order valence-corrected chi connectivity index (χ0v) is 53.0. The Labute approximate surface area is 517 Å². The van der Waals surface area contributed by atoms with Crippen molar-refractivity contribution < 1.29 is 67.7 Å². The molecule has 1 saturated heterocycles. The Hall–Kier alpha value is -7.22. The molecule has 18 N–H and O–H groups in total. The monoisotopic (exact) mass is 1270 g/mol. The first kappa shape index (κ1) is 75.9. The van der Waals surface area contributed by atoms with Gasteiger partial charge >= 0.3 is 11.9 Å². The number of thioether (sulfide) groups is 1. The molecule has 1 fully saturated rings. The van der Waals surface area contributed by atoms with Gasteiger partial charge in [0.05, 0.1) is 18.9 Å². The number of H-pyrrole nitrogens is 1. The highest BCUT2D eigenvalue weighted by Crippen LogP contribution is 2.22. The topological polar surface area (TPSA) is 476 Å². The summed E-state index contributed by atoms with van der Waals surface area (Å²) in [7, 11) is 0. The lowest BCUT2D eigenvalue weighted by Gasteiger charge is -2.32. The van der Waals surface area contributed by atoms with E-state index in [9.17, 15) is 67.7 Å². The average molecular weight is 1270 g/mol. The first-order valence-electron chi connectivity index (χ1n) is 29.3. The number of nitrogens with one attached hydrogen (secondary N) is 10. The molecule has 11 atom stereocenters. The number of thiol groups is 1. The van der Waals surface area contributed by atoms with Crippen LogP contribution in [0.15, 0.2) is 17.5 Å². The van der Waals surface area contributed by atoms with E-state index in [-0.39, 0.29) is 75.2 Å². The van der Waals surface area contributed by atoms with Crippen molar-refractivity contribution >= 4 is 101 Å². The molecule has 0 aromatic carbocycles. The lowest BCUT2D eigenvalue weighted by molar-refractivity contribution is -0.144. The van der Waals surface area contributed by atoms with E-state index in [1.165, 1.54) is 29.2 Å². The molecule has 32 heteroatoms. The maximum Gasteiger partial charge on any atom is 0.326 e. The van der Waals surface area contributed by atoms with Gasteiger partial charge in [-0.2, -0.15) is 24.4 Å². The van der Waals surface area contributed by atoms with Gasteiger partial charge in [0, 0.05) is 43.6 Å². The summed E-state index contributed by atoms with van der Waals surface area (Å²) in [5.41, 5.74) is 17.1. The summed E-state index contributed by atoms with van der Waals surface area (Å²) >= 11 is 5.66. The smallest absolute Gasteiger partial charge is 0.326 e. The van der Waals surface area contributed by atoms with Gasteiger partial charge in [-0.05, 0) is 87.0 Å². The number of carbonyl (C=O) groups is 12. The highest BCUT2D eigenvalue weighted by Gasteiger charge is 2.41. The summed E-state index contributed by atoms with van der Waals surface area (Å²) in [4.78, 5) is 174. The van der Waals surface area contributed by atoms with Gasteiger partial charge < -0.3 is 85.1 Å². The predicted octanol–water partition coefficient (Wildman–Crippen LogP) is -2.25. The van der Waals surface area contributed by atoms with E-state index in [1.807, 2.05) is 6.26 Å². The van der Waals surface area contributed by atoms with Gasteiger partial charge in [0.2, 0.25) is 59.1 Å². The van der Waals surface area contributed by atoms with Gasteiger partial charge in [-0.3, -0.25) is 57.7 Å². The lowest BCUT2D eigenvalue weighted by Crippen LogP contribution is -2.61. The second-order valence-corrected chi connectivity index (χ2v) is 24.1. The second-order valence-electron chi connectivity index (χ2n) is 22.8. The number of carboxylic acid groups (broad SMARTS) is 2. The number of hydrogen-bond acceptors (Lipinski definition) is 17. The standard InChI is InChI=1S/C55H94N16O14S2/c1-10-31(8)44(69-41(72)25-61-46(76)39(26-86)68-45(75)33(56)17-20-87-9)52(82)67-36(21-28(2)3)47(77)63-34(15-16-42(73)74)53(83)71-19-12-14-40(71)50(80)70-43(30(6)7)51(81)66-37(22-29(4)5)48(78)65-38(23-32-24-59-27-62-32)49(79)64-35(54(84)85)13-11-18-60-55(57)58/h24,27-31,33-40,43-44,86H,10-23,25-26,56H2,1-9H3,(H,59,62)(H,61,76)(H,63,77)(H,64,79)(H,65,78)(H,66,81)(H,67,82)(H,68,75)(H,69,72)(H,70,80)(H,73,74)(H,84,85)(H4,57,58,60)/t31-,33-,34-,35-,36-,37-,38-,39-,40-,43-,44-/m0/s1. The summed E-state index contributed by atoms with van der Waals surface area (Å²) in [5.74, 6) is -11.6. The van der Waals surface area contributed by atoms with Crippen molar-refractivity contribution in [2.45, 2.75) is 186 Å². The van der Waals surface area contributed by atoms with Crippen LogP contribution in [-0.4, -0.2) is 200 Å². The fraction of sp³-hybridized carbons (Fsp3) is 0.709. The minimum atomic E-state index is -1.52. The van der Waals surface area contributed by atoms with Crippen LogP contribution in [0.1, 0.15) is 125 Å². The van der Waals surface area contributed by atoms with Gasteiger partial charge in [-0.15, -0.1) is 0 Å². The van der Waals surface area contributed by atoms with E-state index in [4.69, 9.17) is 17.2 Å². The van der Waals surface area contributed by atoms with Gasteiger partial charge in [0.1, 0.15) is 54.4 Å². The Kier molecular flexibility index (Phi) is 33.9. The van der Waals surface area contributed by atoms with E-state index >= 15 is 0 Å². The summed E-state index contributed by atoms with van der Waals surface area (Å²) in [6, 6.07) is -12.6. The molecule has 0 aliphatic carbocycles. The van der Waals surface area contributed by atoms with Crippen LogP contribution in [0, 0.1) is 23.7 Å². The molecule has 490 valence electrons. The number of aromatic amines is 1. The molecular weight excluding hydrogens is 1170 g/mol. The minimum absolute atomic E-state index is 0.00333. The average Bonchev–Trinajstić information content (AvgIpc) is 3.54. The SMILES string of the molecule is CC[C@H](C)[C@H](NC(=O)CNC(=O)[C@H](CS)NC(=O)[C@@H](N)CCSC)C(=O)N[C@@H](CC(C)C)C(=O)N[C@@H](CCC(=O)O)C(=O)N1CCC[C@H]1C(=O)N[C@H](C(=O)N[C@@H](CC(C)C)C(=O)N[C@@H](Cc1cnc[nH]1)C(=O)N[C@@H](CCCN=C(N)N)C(=O)O)C(C)C. The Balaban J connectivity index is 2.33. The maximum absolute atomic E-state index is 14.6. The largest absolute Gasteiger partial charge is 0.481 e. The number of rotatable bonds is 40. The van der Waals surface area contributed by atoms with Crippen LogP contribution in [0.25, 0.3) is 0 Å². The van der Waals surface area contributed by atoms with Crippen molar-refractivity contribution in [2.24, 2.45) is 45.9 Å². The van der Waals surface area contributed by atoms with Crippen LogP contribution >= 0.6 is 24.4 Å². The Morgan fingerprint density at radius 1 is 0.724 bits per heavy atom. The number of imidazole rings is 1. The van der Waals surface area contributed by atoms with Gasteiger partial charge in [-0.25, -0.2) is 9.78 Å². The van der Waals surface area contributed by atoms with Crippen LogP contribution < -0.4 is 65.1 Å². The molecular formula is C55H94N16O14S2. The van der Waals surface area contributed by atoms with Crippen molar-refractivity contribution in [1.82, 2.24) is 62.7 Å². The molecule has 0 unspecified atom stereocenters. The van der Waals surface area contributed by atoms with Gasteiger partial charge in [0.15, 0.2) is 5.96 Å². The predicted molar refractivity (Wildman–Crippen MR) is 328 cm³/mol. The Morgan fingerprint density at radius 2 is 1.29 bits per heavy atom. The minimum Gasteiger partial charge on any atom is -0.481 e. The number of carbonyl (C=O) groups excluding carboxylic acids is 10. The van der Waals surface area contributed by atoms with Crippen molar-refractivity contribution in [1.29, 1.82) is 0 Å². The zero-order valence-electron chi connectivity index (χ0n) is 51.3. The van der Waals surface area contributed by atoms with Crippen LogP contribution in [0.5, 0.6) is 0 Å². The zero-order chi connectivity index (χ0) is 65.7. The van der Waals surface area contributed by atoms with Crippen LogP contribution in [0.3, 0.4) is 0 Å². The van der Waals surface area contributed by atoms with Gasteiger partial charge in [0.25, 0.3) is 0 Å². The molecule has 0 radical (unpaired) electrons. The molecule has 0 spiro atoms. The number of nitrogens with zero attached hydrogens (tertiary/aromatic N) is 3. The molecule has 1 aliphatic heterocycles. The number of guanidine groups is 1. The summed E-state index contributed by atoms with van der Waals surface area (Å²) < 4.78 is 0. The van der Waals surface area contributed by atoms with E-state index < -0.39 is 163 Å². The molecule has 87 heavy (non-hydrogen) atoms. The molecule has 1 aliphatic rings. The summed E-state index contributed by atoms with van der Waals surface area (Å²) in [6.45, 7) is 13.4. The molecule has 0 bridgehead atoms. The Morgan fingerprint density at radius 3 is 1.80 bits per heavy atom. The van der Waals surface area contributed by atoms with Crippen molar-refractivity contribution in [2.75, 3.05) is 37.4 Å². The Bertz CT molecular complexity index is 2500. The van der Waals surface area contributed by atoms with Crippen molar-refractivity contribution in [3.63, 3.8) is 0 Å². The van der Waals surface area contributed by atoms with Crippen LogP contribution in [0.2, 0.25) is 0 Å². The van der Waals surface area contributed by atoms with Crippen molar-refractivity contribution in [3.8, 4) is 0 Å². The molecule has 10 amide bonds. The van der Waals surface area contributed by atoms with E-state index in [1.54, 1.807) is 55.4 Å². The third-order valence-corrected chi connectivity index (χ3v) is 15.2. The maximum atomic E-state index is 14.6. The molecule has 1 aromatic rings. The van der Waals surface area contributed by atoms with Crippen molar-refractivity contribution in [3.05, 3.63) is 18.2 Å². The molecule has 30 nitrogen and oxygen atoms in total. The third kappa shape index (κ3) is 27.2. The first-order valence-corrected chi connectivity index (χ1v) is 31.3.